The van der Waals surface area contributed by atoms with Crippen LogP contribution < -0.4 is 0 Å². The van der Waals surface area contributed by atoms with Crippen LogP contribution in [0.15, 0.2) is 51.8 Å². The van der Waals surface area contributed by atoms with Gasteiger partial charge in [-0.2, -0.15) is 4.31 Å². The van der Waals surface area contributed by atoms with Gasteiger partial charge in [0.1, 0.15) is 5.82 Å². The number of sulfonamides is 1. The van der Waals surface area contributed by atoms with Crippen molar-refractivity contribution in [2.45, 2.75) is 11.3 Å². The molecule has 0 saturated carbocycles. The number of hydrogen-bond donors (Lipinski definition) is 0. The first-order chi connectivity index (χ1) is 13.7. The highest BCUT2D eigenvalue weighted by atomic mass is 79.9. The molecule has 1 saturated heterocycles. The van der Waals surface area contributed by atoms with Gasteiger partial charge >= 0.3 is 0 Å². The van der Waals surface area contributed by atoms with E-state index >= 15 is 0 Å². The van der Waals surface area contributed by atoms with E-state index in [0.29, 0.717) is 5.56 Å². The van der Waals surface area contributed by atoms with E-state index < -0.39 is 26.5 Å². The molecule has 3 rings (SSSR count). The van der Waals surface area contributed by atoms with Gasteiger partial charge in [-0.3, -0.25) is 14.9 Å². The fourth-order valence-electron chi connectivity index (χ4n) is 3.08. The lowest BCUT2D eigenvalue weighted by atomic mass is 10.1. The Morgan fingerprint density at radius 1 is 1.14 bits per heavy atom. The van der Waals surface area contributed by atoms with Crippen molar-refractivity contribution < 1.29 is 22.5 Å². The van der Waals surface area contributed by atoms with E-state index in [9.17, 15) is 27.7 Å². The standard InChI is InChI=1S/C18H17BrFN3O5S/c19-14-11-13(5-6-15(14)20)12-18(24)21-7-9-22(10-8-21)29(27,28)17-4-2-1-3-16(17)23(25)26/h1-6,11H,7-10,12H2. The molecule has 2 aromatic carbocycles. The van der Waals surface area contributed by atoms with Crippen molar-refractivity contribution in [3.63, 3.8) is 0 Å². The van der Waals surface area contributed by atoms with Gasteiger partial charge in [0.2, 0.25) is 15.9 Å². The molecule has 2 aromatic rings. The molecule has 0 aromatic heterocycles. The van der Waals surface area contributed by atoms with Crippen LogP contribution in [0.3, 0.4) is 0 Å². The monoisotopic (exact) mass is 485 g/mol. The van der Waals surface area contributed by atoms with Gasteiger partial charge in [-0.15, -0.1) is 0 Å². The van der Waals surface area contributed by atoms with E-state index in [2.05, 4.69) is 15.9 Å². The topological polar surface area (TPSA) is 101 Å². The molecular formula is C18H17BrFN3O5S. The highest BCUT2D eigenvalue weighted by molar-refractivity contribution is 9.10. The lowest BCUT2D eigenvalue weighted by molar-refractivity contribution is -0.387. The number of rotatable bonds is 5. The molecule has 1 heterocycles. The molecule has 1 fully saturated rings. The number of halogens is 2. The average molecular weight is 486 g/mol. The Labute approximate surface area is 175 Å². The Morgan fingerprint density at radius 2 is 1.79 bits per heavy atom. The molecule has 0 atom stereocenters. The van der Waals surface area contributed by atoms with Gasteiger partial charge in [0.15, 0.2) is 4.90 Å². The van der Waals surface area contributed by atoms with Crippen molar-refractivity contribution in [1.29, 1.82) is 0 Å². The van der Waals surface area contributed by atoms with Crippen LogP contribution in [0.25, 0.3) is 0 Å². The molecule has 1 aliphatic heterocycles. The summed E-state index contributed by atoms with van der Waals surface area (Å²) in [6.45, 7) is 0.405. The predicted molar refractivity (Wildman–Crippen MR) is 106 cm³/mol. The molecule has 0 unspecified atom stereocenters. The van der Waals surface area contributed by atoms with E-state index in [-0.39, 0.29) is 47.9 Å². The first-order valence-corrected chi connectivity index (χ1v) is 10.9. The smallest absolute Gasteiger partial charge is 0.289 e. The van der Waals surface area contributed by atoms with Gasteiger partial charge in [-0.1, -0.05) is 18.2 Å². The van der Waals surface area contributed by atoms with Crippen molar-refractivity contribution in [1.82, 2.24) is 9.21 Å². The lowest BCUT2D eigenvalue weighted by Gasteiger charge is -2.34. The second kappa shape index (κ2) is 8.56. The van der Waals surface area contributed by atoms with Gasteiger partial charge in [-0.25, -0.2) is 12.8 Å². The molecule has 29 heavy (non-hydrogen) atoms. The third kappa shape index (κ3) is 4.62. The number of para-hydroxylation sites is 1. The number of benzene rings is 2. The molecule has 0 spiro atoms. The number of hydrogen-bond acceptors (Lipinski definition) is 5. The molecule has 154 valence electrons. The Hall–Kier alpha value is -2.37. The van der Waals surface area contributed by atoms with Gasteiger partial charge in [-0.05, 0) is 39.7 Å². The van der Waals surface area contributed by atoms with Crippen LogP contribution in [0.2, 0.25) is 0 Å². The minimum atomic E-state index is -4.05. The Morgan fingerprint density at radius 3 is 2.41 bits per heavy atom. The molecule has 0 bridgehead atoms. The molecule has 8 nitrogen and oxygen atoms in total. The largest absolute Gasteiger partial charge is 0.340 e. The zero-order chi connectivity index (χ0) is 21.2. The van der Waals surface area contributed by atoms with Crippen molar-refractivity contribution >= 4 is 37.5 Å². The van der Waals surface area contributed by atoms with E-state index in [4.69, 9.17) is 0 Å². The van der Waals surface area contributed by atoms with Crippen LogP contribution in [0.1, 0.15) is 5.56 Å². The Balaban J connectivity index is 1.67. The quantitative estimate of drug-likeness (QED) is 0.478. The normalized spacial score (nSPS) is 15.3. The lowest BCUT2D eigenvalue weighted by Crippen LogP contribution is -2.50. The van der Waals surface area contributed by atoms with Gasteiger partial charge in [0, 0.05) is 32.2 Å². The van der Waals surface area contributed by atoms with Crippen LogP contribution in [0.4, 0.5) is 10.1 Å². The number of carbonyl (C=O) groups excluding carboxylic acids is 1. The van der Waals surface area contributed by atoms with Gasteiger partial charge in [0.25, 0.3) is 5.69 Å². The number of nitro groups is 1. The highest BCUT2D eigenvalue weighted by Crippen LogP contribution is 2.27. The fraction of sp³-hybridized carbons (Fsp3) is 0.278. The first-order valence-electron chi connectivity index (χ1n) is 8.65. The maximum absolute atomic E-state index is 13.3. The van der Waals surface area contributed by atoms with E-state index in [1.54, 1.807) is 0 Å². The SMILES string of the molecule is O=C(Cc1ccc(F)c(Br)c1)N1CCN(S(=O)(=O)c2ccccc2[N+](=O)[O-])CC1. The summed E-state index contributed by atoms with van der Waals surface area (Å²) in [5, 5.41) is 11.2. The summed E-state index contributed by atoms with van der Waals surface area (Å²) in [7, 11) is -4.05. The second-order valence-electron chi connectivity index (χ2n) is 6.43. The van der Waals surface area contributed by atoms with E-state index in [0.717, 1.165) is 10.4 Å². The van der Waals surface area contributed by atoms with E-state index in [1.165, 1.54) is 41.3 Å². The van der Waals surface area contributed by atoms with Crippen molar-refractivity contribution in [3.05, 3.63) is 68.4 Å². The predicted octanol–water partition coefficient (Wildman–Crippen LogP) is 2.57. The number of nitro benzene ring substituents is 1. The molecule has 0 radical (unpaired) electrons. The molecular weight excluding hydrogens is 469 g/mol. The maximum Gasteiger partial charge on any atom is 0.289 e. The van der Waals surface area contributed by atoms with Crippen molar-refractivity contribution in [2.75, 3.05) is 26.2 Å². The number of carbonyl (C=O) groups is 1. The summed E-state index contributed by atoms with van der Waals surface area (Å²) in [5.74, 6) is -0.624. The Kier molecular flexibility index (Phi) is 6.30. The van der Waals surface area contributed by atoms with Gasteiger partial charge in [0.05, 0.1) is 15.8 Å². The zero-order valence-electron chi connectivity index (χ0n) is 15.1. The summed E-state index contributed by atoms with van der Waals surface area (Å²) < 4.78 is 40.4. The van der Waals surface area contributed by atoms with Crippen LogP contribution in [0, 0.1) is 15.9 Å². The van der Waals surface area contributed by atoms with Crippen LogP contribution in [-0.2, 0) is 21.2 Å². The third-order valence-corrected chi connectivity index (χ3v) is 7.16. The highest BCUT2D eigenvalue weighted by Gasteiger charge is 2.34. The molecule has 11 heteroatoms. The molecule has 1 aliphatic rings. The summed E-state index contributed by atoms with van der Waals surface area (Å²) in [5.41, 5.74) is 0.158. The van der Waals surface area contributed by atoms with Crippen molar-refractivity contribution in [2.24, 2.45) is 0 Å². The van der Waals surface area contributed by atoms with Crippen LogP contribution >= 0.6 is 15.9 Å². The fourth-order valence-corrected chi connectivity index (χ4v) is 5.08. The first kappa shape index (κ1) is 21.3. The summed E-state index contributed by atoms with van der Waals surface area (Å²) >= 11 is 3.08. The summed E-state index contributed by atoms with van der Waals surface area (Å²) in [6, 6.07) is 9.51. The second-order valence-corrected chi connectivity index (χ2v) is 9.20. The van der Waals surface area contributed by atoms with Crippen molar-refractivity contribution in [3.8, 4) is 0 Å². The third-order valence-electron chi connectivity index (χ3n) is 4.61. The minimum absolute atomic E-state index is 0.0350. The molecule has 0 aliphatic carbocycles. The average Bonchev–Trinajstić information content (AvgIpc) is 2.70. The number of piperazine rings is 1. The molecule has 1 amide bonds. The summed E-state index contributed by atoms with van der Waals surface area (Å²) in [4.78, 5) is 24.1. The number of amides is 1. The van der Waals surface area contributed by atoms with Gasteiger partial charge < -0.3 is 4.90 Å². The van der Waals surface area contributed by atoms with Crippen LogP contribution in [-0.4, -0.2) is 54.6 Å². The minimum Gasteiger partial charge on any atom is -0.340 e. The maximum atomic E-state index is 13.3. The van der Waals surface area contributed by atoms with E-state index in [1.807, 2.05) is 0 Å². The zero-order valence-corrected chi connectivity index (χ0v) is 17.5. The number of nitrogens with zero attached hydrogens (tertiary/aromatic N) is 3. The summed E-state index contributed by atoms with van der Waals surface area (Å²) in [6.07, 6.45) is 0.0653. The molecule has 0 N–H and O–H groups in total. The Bertz CT molecular complexity index is 1060. The van der Waals surface area contributed by atoms with Crippen LogP contribution in [0.5, 0.6) is 0 Å².